The van der Waals surface area contributed by atoms with Crippen LogP contribution in [0.3, 0.4) is 0 Å². The summed E-state index contributed by atoms with van der Waals surface area (Å²) in [6.45, 7) is 8.04. The van der Waals surface area contributed by atoms with Gasteiger partial charge in [0.2, 0.25) is 0 Å². The Hall–Kier alpha value is -0.860. The minimum Gasteiger partial charge on any atom is -0.313 e. The van der Waals surface area contributed by atoms with Crippen molar-refractivity contribution < 1.29 is 0 Å². The number of fused-ring (bicyclic) bond motifs is 1. The lowest BCUT2D eigenvalue weighted by Gasteiger charge is -2.40. The molecule has 0 bridgehead atoms. The largest absolute Gasteiger partial charge is 0.313 e. The summed E-state index contributed by atoms with van der Waals surface area (Å²) >= 11 is 0. The molecule has 3 rings (SSSR count). The van der Waals surface area contributed by atoms with Crippen LogP contribution in [0.4, 0.5) is 0 Å². The van der Waals surface area contributed by atoms with E-state index in [1.807, 2.05) is 0 Å². The van der Waals surface area contributed by atoms with Crippen LogP contribution in [0.2, 0.25) is 0 Å². The molecule has 1 fully saturated rings. The highest BCUT2D eigenvalue weighted by molar-refractivity contribution is 5.30. The summed E-state index contributed by atoms with van der Waals surface area (Å²) < 4.78 is 0. The monoisotopic (exact) mass is 258 g/mol. The highest BCUT2D eigenvalue weighted by Gasteiger charge is 2.34. The van der Waals surface area contributed by atoms with E-state index in [1.54, 1.807) is 0 Å². The van der Waals surface area contributed by atoms with Crippen molar-refractivity contribution in [2.45, 2.75) is 58.3 Å². The molecule has 0 saturated heterocycles. The summed E-state index contributed by atoms with van der Waals surface area (Å²) in [5, 5.41) is 3.72. The van der Waals surface area contributed by atoms with Crippen LogP contribution < -0.4 is 5.32 Å². The van der Waals surface area contributed by atoms with Crippen molar-refractivity contribution in [2.75, 3.05) is 6.54 Å². The second-order valence-electron chi connectivity index (χ2n) is 6.32. The van der Waals surface area contributed by atoms with Gasteiger partial charge in [0.05, 0.1) is 0 Å². The Kier molecular flexibility index (Phi) is 3.90. The van der Waals surface area contributed by atoms with E-state index in [0.29, 0.717) is 6.04 Å². The van der Waals surface area contributed by atoms with Crippen LogP contribution in [-0.4, -0.2) is 23.5 Å². The van der Waals surface area contributed by atoms with Gasteiger partial charge in [0.1, 0.15) is 0 Å². The molecular formula is C17H26N2. The second-order valence-corrected chi connectivity index (χ2v) is 6.32. The Morgan fingerprint density at radius 2 is 1.84 bits per heavy atom. The van der Waals surface area contributed by atoms with Gasteiger partial charge in [-0.15, -0.1) is 0 Å². The standard InChI is InChI=1S/C17H26N2/c1-3-18-16-9-8-13(2)10-17(16)19-11-14-6-4-5-7-15(14)12-19/h4-7,13,16-18H,3,8-12H2,1-2H3. The molecule has 1 aliphatic carbocycles. The van der Waals surface area contributed by atoms with E-state index < -0.39 is 0 Å². The highest BCUT2D eigenvalue weighted by atomic mass is 15.2. The third kappa shape index (κ3) is 2.70. The topological polar surface area (TPSA) is 15.3 Å². The van der Waals surface area contributed by atoms with Gasteiger partial charge in [-0.25, -0.2) is 0 Å². The molecule has 104 valence electrons. The first-order chi connectivity index (χ1) is 9.28. The molecule has 0 aromatic heterocycles. The average Bonchev–Trinajstić information content (AvgIpc) is 2.84. The van der Waals surface area contributed by atoms with Gasteiger partial charge in [0, 0.05) is 25.2 Å². The molecule has 2 nitrogen and oxygen atoms in total. The van der Waals surface area contributed by atoms with Gasteiger partial charge in [-0.3, -0.25) is 4.90 Å². The zero-order valence-electron chi connectivity index (χ0n) is 12.2. The quantitative estimate of drug-likeness (QED) is 0.896. The van der Waals surface area contributed by atoms with E-state index in [2.05, 4.69) is 48.3 Å². The summed E-state index contributed by atoms with van der Waals surface area (Å²) in [4.78, 5) is 2.70. The summed E-state index contributed by atoms with van der Waals surface area (Å²) in [7, 11) is 0. The Balaban J connectivity index is 1.73. The summed E-state index contributed by atoms with van der Waals surface area (Å²) in [5.74, 6) is 0.878. The number of likely N-dealkylation sites (N-methyl/N-ethyl adjacent to an activating group) is 1. The van der Waals surface area contributed by atoms with E-state index >= 15 is 0 Å². The van der Waals surface area contributed by atoms with E-state index in [-0.39, 0.29) is 0 Å². The van der Waals surface area contributed by atoms with E-state index in [0.717, 1.165) is 31.6 Å². The lowest BCUT2D eigenvalue weighted by Crippen LogP contribution is -2.51. The molecule has 3 atom stereocenters. The fraction of sp³-hybridized carbons (Fsp3) is 0.647. The smallest absolute Gasteiger partial charge is 0.0258 e. The van der Waals surface area contributed by atoms with Crippen molar-refractivity contribution >= 4 is 0 Å². The maximum atomic E-state index is 3.72. The molecule has 1 aromatic rings. The van der Waals surface area contributed by atoms with E-state index in [4.69, 9.17) is 0 Å². The number of benzene rings is 1. The van der Waals surface area contributed by atoms with Crippen LogP contribution in [-0.2, 0) is 13.1 Å². The Morgan fingerprint density at radius 1 is 1.16 bits per heavy atom. The number of hydrogen-bond acceptors (Lipinski definition) is 2. The maximum Gasteiger partial charge on any atom is 0.0258 e. The number of nitrogens with zero attached hydrogens (tertiary/aromatic N) is 1. The minimum absolute atomic E-state index is 0.690. The predicted molar refractivity (Wildman–Crippen MR) is 80.0 cm³/mol. The van der Waals surface area contributed by atoms with Gasteiger partial charge >= 0.3 is 0 Å². The molecule has 0 amide bonds. The SMILES string of the molecule is CCNC1CCC(C)CC1N1Cc2ccccc2C1. The highest BCUT2D eigenvalue weighted by Crippen LogP contribution is 2.33. The van der Waals surface area contributed by atoms with Crippen molar-refractivity contribution in [1.29, 1.82) is 0 Å². The zero-order valence-corrected chi connectivity index (χ0v) is 12.2. The molecule has 1 heterocycles. The lowest BCUT2D eigenvalue weighted by molar-refractivity contribution is 0.0998. The minimum atomic E-state index is 0.690. The molecular weight excluding hydrogens is 232 g/mol. The van der Waals surface area contributed by atoms with Crippen LogP contribution in [0.5, 0.6) is 0 Å². The van der Waals surface area contributed by atoms with Crippen LogP contribution in [0.1, 0.15) is 44.2 Å². The second kappa shape index (κ2) is 5.64. The molecule has 0 radical (unpaired) electrons. The normalized spacial score (nSPS) is 31.4. The summed E-state index contributed by atoms with van der Waals surface area (Å²) in [5.41, 5.74) is 3.08. The van der Waals surface area contributed by atoms with Gasteiger partial charge in [-0.2, -0.15) is 0 Å². The first kappa shape index (κ1) is 13.1. The zero-order chi connectivity index (χ0) is 13.2. The van der Waals surface area contributed by atoms with Gasteiger partial charge in [-0.1, -0.05) is 38.1 Å². The van der Waals surface area contributed by atoms with Crippen molar-refractivity contribution in [2.24, 2.45) is 5.92 Å². The molecule has 2 heteroatoms. The first-order valence-corrected chi connectivity index (χ1v) is 7.82. The third-order valence-electron chi connectivity index (χ3n) is 4.88. The predicted octanol–water partition coefficient (Wildman–Crippen LogP) is 3.17. The average molecular weight is 258 g/mol. The number of hydrogen-bond donors (Lipinski definition) is 1. The third-order valence-corrected chi connectivity index (χ3v) is 4.88. The molecule has 2 aliphatic rings. The molecule has 3 unspecified atom stereocenters. The maximum absolute atomic E-state index is 3.72. The van der Waals surface area contributed by atoms with Crippen LogP contribution in [0.25, 0.3) is 0 Å². The Bertz CT molecular complexity index is 404. The van der Waals surface area contributed by atoms with Crippen LogP contribution >= 0.6 is 0 Å². The van der Waals surface area contributed by atoms with Crippen molar-refractivity contribution in [3.8, 4) is 0 Å². The van der Waals surface area contributed by atoms with Gasteiger partial charge in [0.25, 0.3) is 0 Å². The van der Waals surface area contributed by atoms with Gasteiger partial charge in [-0.05, 0) is 42.9 Å². The molecule has 1 aliphatic heterocycles. The summed E-state index contributed by atoms with van der Waals surface area (Å²) in [6.07, 6.45) is 4.08. The lowest BCUT2D eigenvalue weighted by atomic mass is 9.82. The van der Waals surface area contributed by atoms with Crippen molar-refractivity contribution in [1.82, 2.24) is 10.2 Å². The molecule has 0 spiro atoms. The van der Waals surface area contributed by atoms with Gasteiger partial charge < -0.3 is 5.32 Å². The Morgan fingerprint density at radius 3 is 2.47 bits per heavy atom. The number of nitrogens with one attached hydrogen (secondary N) is 1. The molecule has 1 aromatic carbocycles. The van der Waals surface area contributed by atoms with E-state index in [1.165, 1.54) is 30.4 Å². The van der Waals surface area contributed by atoms with Crippen molar-refractivity contribution in [3.63, 3.8) is 0 Å². The molecule has 19 heavy (non-hydrogen) atoms. The molecule has 1 N–H and O–H groups in total. The number of rotatable bonds is 3. The fourth-order valence-corrected chi connectivity index (χ4v) is 3.85. The van der Waals surface area contributed by atoms with Crippen molar-refractivity contribution in [3.05, 3.63) is 35.4 Å². The summed E-state index contributed by atoms with van der Waals surface area (Å²) in [6, 6.07) is 10.3. The van der Waals surface area contributed by atoms with Crippen LogP contribution in [0.15, 0.2) is 24.3 Å². The van der Waals surface area contributed by atoms with E-state index in [9.17, 15) is 0 Å². The fourth-order valence-electron chi connectivity index (χ4n) is 3.85. The molecule has 1 saturated carbocycles. The van der Waals surface area contributed by atoms with Gasteiger partial charge in [0.15, 0.2) is 0 Å². The van der Waals surface area contributed by atoms with Crippen LogP contribution in [0, 0.1) is 5.92 Å². The first-order valence-electron chi connectivity index (χ1n) is 7.82. The Labute approximate surface area is 117 Å².